The van der Waals surface area contributed by atoms with Crippen LogP contribution in [0.2, 0.25) is 0 Å². The maximum atomic E-state index is 11.8. The highest BCUT2D eigenvalue weighted by Crippen LogP contribution is 2.20. The fourth-order valence-corrected chi connectivity index (χ4v) is 4.31. The van der Waals surface area contributed by atoms with Gasteiger partial charge >= 0.3 is 5.97 Å². The van der Waals surface area contributed by atoms with E-state index in [9.17, 15) is 25.2 Å². The van der Waals surface area contributed by atoms with E-state index in [1.807, 2.05) is 0 Å². The minimum absolute atomic E-state index is 0.264. The van der Waals surface area contributed by atoms with Gasteiger partial charge in [-0.25, -0.2) is 0 Å². The molecule has 33 heavy (non-hydrogen) atoms. The number of ether oxygens (including phenoxy) is 2. The molecule has 0 aliphatic carbocycles. The summed E-state index contributed by atoms with van der Waals surface area (Å²) < 4.78 is 10.1. The fourth-order valence-electron chi connectivity index (χ4n) is 4.31. The van der Waals surface area contributed by atoms with Crippen molar-refractivity contribution in [2.45, 2.75) is 153 Å². The molecular formula is C26H50O7. The molecule has 1 fully saturated rings. The van der Waals surface area contributed by atoms with Gasteiger partial charge in [-0.15, -0.1) is 0 Å². The molecule has 0 aromatic heterocycles. The highest BCUT2D eigenvalue weighted by Gasteiger charge is 2.43. The quantitative estimate of drug-likeness (QED) is 0.153. The zero-order chi connectivity index (χ0) is 24.3. The largest absolute Gasteiger partial charge is 0.463 e. The second-order valence-electron chi connectivity index (χ2n) is 9.63. The van der Waals surface area contributed by atoms with Crippen molar-refractivity contribution in [2.75, 3.05) is 6.61 Å². The first-order valence-electron chi connectivity index (χ1n) is 13.5. The third kappa shape index (κ3) is 14.3. The number of carbonyl (C=O) groups excluding carboxylic acids is 1. The van der Waals surface area contributed by atoms with Crippen molar-refractivity contribution >= 4 is 5.97 Å². The van der Waals surface area contributed by atoms with Crippen LogP contribution >= 0.6 is 0 Å². The van der Waals surface area contributed by atoms with E-state index >= 15 is 0 Å². The Hall–Kier alpha value is -0.730. The molecule has 0 radical (unpaired) electrons. The molecule has 5 atom stereocenters. The summed E-state index contributed by atoms with van der Waals surface area (Å²) >= 11 is 0. The first-order valence-corrected chi connectivity index (χ1v) is 13.5. The van der Waals surface area contributed by atoms with E-state index in [2.05, 4.69) is 6.92 Å². The van der Waals surface area contributed by atoms with Crippen molar-refractivity contribution < 1.29 is 34.7 Å². The molecule has 0 bridgehead atoms. The van der Waals surface area contributed by atoms with E-state index in [1.165, 1.54) is 89.9 Å². The lowest BCUT2D eigenvalue weighted by Gasteiger charge is -2.37. The van der Waals surface area contributed by atoms with Gasteiger partial charge in [0.05, 0.1) is 0 Å². The zero-order valence-electron chi connectivity index (χ0n) is 20.8. The summed E-state index contributed by atoms with van der Waals surface area (Å²) in [5.74, 6) is -0.387. The maximum absolute atomic E-state index is 11.8. The number of hydrogen-bond acceptors (Lipinski definition) is 7. The van der Waals surface area contributed by atoms with Crippen LogP contribution in [0.4, 0.5) is 0 Å². The van der Waals surface area contributed by atoms with E-state index in [1.54, 1.807) is 0 Å². The molecule has 7 nitrogen and oxygen atoms in total. The van der Waals surface area contributed by atoms with Gasteiger partial charge in [0.15, 0.2) is 6.29 Å². The maximum Gasteiger partial charge on any atom is 0.305 e. The molecule has 0 spiro atoms. The molecule has 1 aliphatic heterocycles. The third-order valence-corrected chi connectivity index (χ3v) is 6.58. The highest BCUT2D eigenvalue weighted by molar-refractivity contribution is 5.69. The SMILES string of the molecule is CCCCCCCCCCCCCCCCCCCC(=O)OC[C@H]1OC(O)[C@H](O)[C@@H](O)[C@@H]1O. The van der Waals surface area contributed by atoms with Crippen molar-refractivity contribution in [2.24, 2.45) is 0 Å². The molecule has 0 aromatic rings. The molecule has 0 saturated carbocycles. The number of carbonyl (C=O) groups is 1. The molecule has 0 amide bonds. The summed E-state index contributed by atoms with van der Waals surface area (Å²) in [5, 5.41) is 38.4. The Labute approximate surface area is 200 Å². The van der Waals surface area contributed by atoms with Crippen molar-refractivity contribution in [3.05, 3.63) is 0 Å². The second-order valence-corrected chi connectivity index (χ2v) is 9.63. The third-order valence-electron chi connectivity index (χ3n) is 6.58. The monoisotopic (exact) mass is 474 g/mol. The fraction of sp³-hybridized carbons (Fsp3) is 0.962. The lowest BCUT2D eigenvalue weighted by molar-refractivity contribution is -0.287. The number of aliphatic hydroxyl groups is 4. The zero-order valence-corrected chi connectivity index (χ0v) is 20.8. The summed E-state index contributed by atoms with van der Waals surface area (Å²) in [6.07, 6.45) is 14.9. The molecule has 1 heterocycles. The summed E-state index contributed by atoms with van der Waals surface area (Å²) in [5.41, 5.74) is 0. The molecule has 1 aliphatic rings. The van der Waals surface area contributed by atoms with E-state index in [4.69, 9.17) is 9.47 Å². The van der Waals surface area contributed by atoms with Crippen LogP contribution in [0.15, 0.2) is 0 Å². The van der Waals surface area contributed by atoms with E-state index < -0.39 is 30.7 Å². The Kier molecular flexibility index (Phi) is 18.0. The average molecular weight is 475 g/mol. The van der Waals surface area contributed by atoms with Crippen molar-refractivity contribution in [1.82, 2.24) is 0 Å². The van der Waals surface area contributed by atoms with Gasteiger partial charge in [-0.2, -0.15) is 0 Å². The summed E-state index contributed by atoms with van der Waals surface area (Å²) in [6, 6.07) is 0. The molecule has 4 N–H and O–H groups in total. The lowest BCUT2D eigenvalue weighted by atomic mass is 9.99. The molecule has 1 saturated heterocycles. The van der Waals surface area contributed by atoms with Gasteiger partial charge in [-0.05, 0) is 6.42 Å². The highest BCUT2D eigenvalue weighted by atomic mass is 16.6. The standard InChI is InChI=1S/C26H50O7/c1-2-3-4-5-6-7-8-9-10-11-12-13-14-15-16-17-18-19-22(27)32-20-21-23(28)24(29)25(30)26(31)33-21/h21,23-26,28-31H,2-20H2,1H3/t21-,23-,24+,25-,26?/m1/s1. The van der Waals surface area contributed by atoms with Crippen molar-refractivity contribution in [3.8, 4) is 0 Å². The van der Waals surface area contributed by atoms with Crippen LogP contribution in [0.25, 0.3) is 0 Å². The predicted octanol–water partition coefficient (Wildman–Crippen LogP) is 4.37. The smallest absolute Gasteiger partial charge is 0.305 e. The first kappa shape index (κ1) is 30.3. The average Bonchev–Trinajstić information content (AvgIpc) is 2.81. The van der Waals surface area contributed by atoms with Crippen LogP contribution in [-0.2, 0) is 14.3 Å². The molecule has 196 valence electrons. The summed E-state index contributed by atoms with van der Waals surface area (Å²) in [4.78, 5) is 11.8. The molecule has 7 heteroatoms. The van der Waals surface area contributed by atoms with Crippen molar-refractivity contribution in [3.63, 3.8) is 0 Å². The minimum atomic E-state index is -1.61. The molecule has 0 aromatic carbocycles. The Morgan fingerprint density at radius 3 is 1.52 bits per heavy atom. The normalized spacial score (nSPS) is 25.3. The molecule has 1 rings (SSSR count). The van der Waals surface area contributed by atoms with Gasteiger partial charge < -0.3 is 29.9 Å². The van der Waals surface area contributed by atoms with Crippen LogP contribution in [0.3, 0.4) is 0 Å². The van der Waals surface area contributed by atoms with Gasteiger partial charge in [0, 0.05) is 6.42 Å². The Morgan fingerprint density at radius 2 is 1.06 bits per heavy atom. The Morgan fingerprint density at radius 1 is 0.636 bits per heavy atom. The van der Waals surface area contributed by atoms with Crippen LogP contribution in [0.1, 0.15) is 122 Å². The van der Waals surface area contributed by atoms with Gasteiger partial charge in [0.25, 0.3) is 0 Å². The van der Waals surface area contributed by atoms with Crippen molar-refractivity contribution in [1.29, 1.82) is 0 Å². The predicted molar refractivity (Wildman–Crippen MR) is 129 cm³/mol. The van der Waals surface area contributed by atoms with Crippen LogP contribution < -0.4 is 0 Å². The van der Waals surface area contributed by atoms with Gasteiger partial charge in [0.2, 0.25) is 0 Å². The van der Waals surface area contributed by atoms with Crippen LogP contribution in [0, 0.1) is 0 Å². The number of aliphatic hydroxyl groups excluding tert-OH is 4. The lowest BCUT2D eigenvalue weighted by Crippen LogP contribution is -2.58. The van der Waals surface area contributed by atoms with Crippen LogP contribution in [-0.4, -0.2) is 63.7 Å². The minimum Gasteiger partial charge on any atom is -0.463 e. The van der Waals surface area contributed by atoms with Gasteiger partial charge in [-0.3, -0.25) is 4.79 Å². The number of unbranched alkanes of at least 4 members (excludes halogenated alkanes) is 16. The summed E-state index contributed by atoms with van der Waals surface area (Å²) in [7, 11) is 0. The topological polar surface area (TPSA) is 116 Å². The number of rotatable bonds is 20. The van der Waals surface area contributed by atoms with E-state index in [-0.39, 0.29) is 12.6 Å². The van der Waals surface area contributed by atoms with Gasteiger partial charge in [-0.1, -0.05) is 110 Å². The molecular weight excluding hydrogens is 424 g/mol. The van der Waals surface area contributed by atoms with E-state index in [0.717, 1.165) is 19.3 Å². The van der Waals surface area contributed by atoms with Gasteiger partial charge in [0.1, 0.15) is 31.0 Å². The van der Waals surface area contributed by atoms with E-state index in [0.29, 0.717) is 6.42 Å². The number of hydrogen-bond donors (Lipinski definition) is 4. The second kappa shape index (κ2) is 19.6. The summed E-state index contributed by atoms with van der Waals surface area (Å²) in [6.45, 7) is 2.00. The number of esters is 1. The van der Waals surface area contributed by atoms with Crippen LogP contribution in [0.5, 0.6) is 0 Å². The Bertz CT molecular complexity index is 474. The Balaban J connectivity index is 1.85. The first-order chi connectivity index (χ1) is 16.0. The molecule has 1 unspecified atom stereocenters.